The number of aliphatic hydroxyl groups is 1. The standard InChI is InChI=1S/C67H126O17P2/c1-8-10-11-12-13-14-15-16-17-18-19-20-27-36-43-50-66(71)83-62(54-78-65(70)49-42-35-28-23-24-31-38-45-58(3)4)56-81-85(73,74)79-52-61(68)53-80-86(75,76)82-57-63(84-67(72)51-44-37-30-29-32-39-46-59(5)6)55-77-64(69)48-41-34-26-22-21-25-33-40-47-60(7)9-2/h14-17,58-63,68H,8-13,18-57H2,1-7H3,(H,73,74)(H,75,76)/b15-14-,17-16-/t60?,61?,62-,63-/m1/s1. The van der Waals surface area contributed by atoms with Crippen molar-refractivity contribution in [1.29, 1.82) is 0 Å². The van der Waals surface area contributed by atoms with Gasteiger partial charge in [0.15, 0.2) is 12.2 Å². The highest BCUT2D eigenvalue weighted by atomic mass is 31.2. The van der Waals surface area contributed by atoms with E-state index in [1.807, 2.05) is 0 Å². The van der Waals surface area contributed by atoms with E-state index in [0.29, 0.717) is 37.5 Å². The Hall–Kier alpha value is -2.46. The minimum atomic E-state index is -4.96. The maximum atomic E-state index is 13.0. The molecule has 6 atom stereocenters. The molecule has 0 aliphatic carbocycles. The van der Waals surface area contributed by atoms with Crippen LogP contribution in [0.3, 0.4) is 0 Å². The molecule has 17 nitrogen and oxygen atoms in total. The number of carbonyl (C=O) groups is 4. The Morgan fingerprint density at radius 2 is 0.686 bits per heavy atom. The van der Waals surface area contributed by atoms with E-state index in [-0.39, 0.29) is 25.7 Å². The van der Waals surface area contributed by atoms with Crippen LogP contribution in [-0.2, 0) is 65.4 Å². The van der Waals surface area contributed by atoms with Gasteiger partial charge in [0.05, 0.1) is 26.4 Å². The SMILES string of the molecule is CCCCCC/C=C\C=C/CCCCCCCC(=O)O[C@H](COC(=O)CCCCCCCCCC(C)C)COP(=O)(O)OCC(O)COP(=O)(O)OC[C@@H](COC(=O)CCCCCCCCCCC(C)CC)OC(=O)CCCCCCCCC(C)C. The fraction of sp³-hybridized carbons (Fsp3) is 0.881. The average molecular weight is 1270 g/mol. The van der Waals surface area contributed by atoms with E-state index in [0.717, 1.165) is 115 Å². The van der Waals surface area contributed by atoms with Crippen LogP contribution in [0.2, 0.25) is 0 Å². The number of phosphoric ester groups is 2. The molecule has 0 aromatic carbocycles. The molecule has 0 aromatic heterocycles. The van der Waals surface area contributed by atoms with E-state index in [1.54, 1.807) is 0 Å². The summed E-state index contributed by atoms with van der Waals surface area (Å²) in [5, 5.41) is 10.5. The van der Waals surface area contributed by atoms with Crippen LogP contribution in [0.25, 0.3) is 0 Å². The van der Waals surface area contributed by atoms with Crippen LogP contribution in [-0.4, -0.2) is 96.7 Å². The molecule has 0 bridgehead atoms. The van der Waals surface area contributed by atoms with Gasteiger partial charge < -0.3 is 33.8 Å². The van der Waals surface area contributed by atoms with Gasteiger partial charge in [-0.1, -0.05) is 253 Å². The Morgan fingerprint density at radius 1 is 0.384 bits per heavy atom. The quantitative estimate of drug-likeness (QED) is 0.0169. The van der Waals surface area contributed by atoms with E-state index in [9.17, 15) is 43.2 Å². The zero-order valence-electron chi connectivity index (χ0n) is 55.3. The van der Waals surface area contributed by atoms with Crippen molar-refractivity contribution in [1.82, 2.24) is 0 Å². The minimum absolute atomic E-state index is 0.0835. The lowest BCUT2D eigenvalue weighted by Crippen LogP contribution is -2.30. The monoisotopic (exact) mass is 1260 g/mol. The summed E-state index contributed by atoms with van der Waals surface area (Å²) < 4.78 is 68.0. The summed E-state index contributed by atoms with van der Waals surface area (Å²) in [5.74, 6) is -0.0223. The third-order valence-corrected chi connectivity index (χ3v) is 17.0. The molecular formula is C67H126O17P2. The van der Waals surface area contributed by atoms with Gasteiger partial charge in [0.2, 0.25) is 0 Å². The summed E-state index contributed by atoms with van der Waals surface area (Å²) in [6, 6.07) is 0. The predicted octanol–water partition coefficient (Wildman–Crippen LogP) is 18.2. The lowest BCUT2D eigenvalue weighted by molar-refractivity contribution is -0.161. The van der Waals surface area contributed by atoms with Crippen molar-refractivity contribution >= 4 is 39.5 Å². The van der Waals surface area contributed by atoms with Crippen LogP contribution in [0.1, 0.15) is 305 Å². The van der Waals surface area contributed by atoms with E-state index in [1.165, 1.54) is 96.3 Å². The first-order valence-corrected chi connectivity index (χ1v) is 37.2. The number of rotatable bonds is 63. The molecule has 19 heteroatoms. The zero-order chi connectivity index (χ0) is 63.8. The second-order valence-corrected chi connectivity index (χ2v) is 27.6. The third-order valence-electron chi connectivity index (χ3n) is 15.1. The largest absolute Gasteiger partial charge is 0.472 e. The number of carbonyl (C=O) groups excluding carboxylic acids is 4. The molecular weight excluding hydrogens is 1140 g/mol. The summed E-state index contributed by atoms with van der Waals surface area (Å²) in [4.78, 5) is 72.3. The topological polar surface area (TPSA) is 237 Å². The van der Waals surface area contributed by atoms with Crippen molar-refractivity contribution in [2.45, 2.75) is 324 Å². The summed E-state index contributed by atoms with van der Waals surface area (Å²) >= 11 is 0. The molecule has 86 heavy (non-hydrogen) atoms. The summed E-state index contributed by atoms with van der Waals surface area (Å²) in [5.41, 5.74) is 0. The highest BCUT2D eigenvalue weighted by Gasteiger charge is 2.30. The molecule has 506 valence electrons. The molecule has 0 saturated heterocycles. The fourth-order valence-corrected chi connectivity index (χ4v) is 11.0. The van der Waals surface area contributed by atoms with Gasteiger partial charge in [-0.05, 0) is 69.1 Å². The normalized spacial score (nSPS) is 14.8. The predicted molar refractivity (Wildman–Crippen MR) is 344 cm³/mol. The molecule has 0 aliphatic rings. The molecule has 0 aliphatic heterocycles. The van der Waals surface area contributed by atoms with Crippen LogP contribution >= 0.6 is 15.6 Å². The number of phosphoric acid groups is 2. The molecule has 0 heterocycles. The third kappa shape index (κ3) is 59.2. The number of aliphatic hydroxyl groups excluding tert-OH is 1. The molecule has 4 unspecified atom stereocenters. The maximum Gasteiger partial charge on any atom is 0.472 e. The van der Waals surface area contributed by atoms with Crippen molar-refractivity contribution in [3.63, 3.8) is 0 Å². The van der Waals surface area contributed by atoms with Gasteiger partial charge in [0, 0.05) is 25.7 Å². The van der Waals surface area contributed by atoms with Gasteiger partial charge in [-0.15, -0.1) is 0 Å². The first-order chi connectivity index (χ1) is 41.3. The van der Waals surface area contributed by atoms with Crippen molar-refractivity contribution in [3.8, 4) is 0 Å². The Balaban J connectivity index is 5.27. The van der Waals surface area contributed by atoms with Crippen LogP contribution in [0.4, 0.5) is 0 Å². The number of hydrogen-bond donors (Lipinski definition) is 3. The van der Waals surface area contributed by atoms with Crippen LogP contribution in [0.5, 0.6) is 0 Å². The molecule has 0 aromatic rings. The Morgan fingerprint density at radius 3 is 1.03 bits per heavy atom. The highest BCUT2D eigenvalue weighted by Crippen LogP contribution is 2.45. The molecule has 0 fully saturated rings. The number of allylic oxidation sites excluding steroid dienone is 4. The van der Waals surface area contributed by atoms with Crippen LogP contribution < -0.4 is 0 Å². The van der Waals surface area contributed by atoms with Crippen LogP contribution in [0.15, 0.2) is 24.3 Å². The zero-order valence-corrected chi connectivity index (χ0v) is 57.0. The summed E-state index contributed by atoms with van der Waals surface area (Å²) in [7, 11) is -9.91. The number of hydrogen-bond acceptors (Lipinski definition) is 15. The molecule has 0 saturated carbocycles. The van der Waals surface area contributed by atoms with Crippen LogP contribution in [0, 0.1) is 17.8 Å². The second kappa shape index (κ2) is 57.7. The second-order valence-electron chi connectivity index (χ2n) is 24.7. The van der Waals surface area contributed by atoms with Gasteiger partial charge in [0.1, 0.15) is 19.3 Å². The maximum absolute atomic E-state index is 13.0. The molecule has 0 radical (unpaired) electrons. The van der Waals surface area contributed by atoms with Gasteiger partial charge >= 0.3 is 39.5 Å². The average Bonchev–Trinajstić information content (AvgIpc) is 3.69. The number of esters is 4. The smallest absolute Gasteiger partial charge is 0.462 e. The van der Waals surface area contributed by atoms with E-state index < -0.39 is 97.5 Å². The van der Waals surface area contributed by atoms with Crippen molar-refractivity contribution < 1.29 is 80.2 Å². The van der Waals surface area contributed by atoms with Gasteiger partial charge in [0.25, 0.3) is 0 Å². The van der Waals surface area contributed by atoms with Crippen molar-refractivity contribution in [2.75, 3.05) is 39.6 Å². The van der Waals surface area contributed by atoms with Crippen molar-refractivity contribution in [3.05, 3.63) is 24.3 Å². The summed E-state index contributed by atoms with van der Waals surface area (Å²) in [6.07, 6.45) is 42.7. The summed E-state index contributed by atoms with van der Waals surface area (Å²) in [6.45, 7) is 11.6. The molecule has 3 N–H and O–H groups in total. The Labute approximate surface area is 522 Å². The number of ether oxygens (including phenoxy) is 4. The fourth-order valence-electron chi connectivity index (χ4n) is 9.44. The van der Waals surface area contributed by atoms with Gasteiger partial charge in [-0.25, -0.2) is 9.13 Å². The minimum Gasteiger partial charge on any atom is -0.462 e. The molecule has 0 rings (SSSR count). The van der Waals surface area contributed by atoms with E-state index >= 15 is 0 Å². The van der Waals surface area contributed by atoms with E-state index in [2.05, 4.69) is 72.8 Å². The number of unbranched alkanes of at least 4 members (excludes halogenated alkanes) is 27. The molecule has 0 spiro atoms. The van der Waals surface area contributed by atoms with Crippen molar-refractivity contribution in [2.24, 2.45) is 17.8 Å². The van der Waals surface area contributed by atoms with Gasteiger partial charge in [-0.3, -0.25) is 37.3 Å². The Bertz CT molecular complexity index is 1790. The Kier molecular flexibility index (Phi) is 56.0. The lowest BCUT2D eigenvalue weighted by atomic mass is 9.99. The first kappa shape index (κ1) is 83.5. The lowest BCUT2D eigenvalue weighted by Gasteiger charge is -2.21. The highest BCUT2D eigenvalue weighted by molar-refractivity contribution is 7.47. The first-order valence-electron chi connectivity index (χ1n) is 34.2. The van der Waals surface area contributed by atoms with E-state index in [4.69, 9.17) is 37.0 Å². The van der Waals surface area contributed by atoms with Gasteiger partial charge in [-0.2, -0.15) is 0 Å². The molecule has 0 amide bonds.